The molecule has 0 aliphatic rings. The van der Waals surface area contributed by atoms with Gasteiger partial charge in [0, 0.05) is 19.2 Å². The van der Waals surface area contributed by atoms with Crippen LogP contribution in [0, 0.1) is 0 Å². The molecule has 0 fully saturated rings. The highest BCUT2D eigenvalue weighted by molar-refractivity contribution is 5.97. The second-order valence-corrected chi connectivity index (χ2v) is 4.16. The molecular weight excluding hydrogens is 230 g/mol. The molecule has 1 amide bonds. The topological polar surface area (TPSA) is 49.8 Å². The van der Waals surface area contributed by atoms with Gasteiger partial charge in [-0.15, -0.1) is 0 Å². The van der Waals surface area contributed by atoms with Crippen molar-refractivity contribution in [3.05, 3.63) is 35.9 Å². The van der Waals surface area contributed by atoms with E-state index < -0.39 is 0 Å². The average molecular weight is 249 g/mol. The van der Waals surface area contributed by atoms with Crippen molar-refractivity contribution in [3.8, 4) is 11.5 Å². The Morgan fingerprint density at radius 2 is 2.17 bits per heavy atom. The second kappa shape index (κ2) is 6.10. The van der Waals surface area contributed by atoms with Gasteiger partial charge in [0.2, 0.25) is 0 Å². The molecule has 0 spiro atoms. The maximum atomic E-state index is 12.2. The Bertz CT molecular complexity index is 454. The molecule has 0 aliphatic carbocycles. The molecule has 1 N–H and O–H groups in total. The van der Waals surface area contributed by atoms with E-state index in [1.165, 1.54) is 13.2 Å². The molecule has 0 heterocycles. The van der Waals surface area contributed by atoms with Gasteiger partial charge in [-0.3, -0.25) is 4.79 Å². The first kappa shape index (κ1) is 14.1. The van der Waals surface area contributed by atoms with E-state index in [2.05, 4.69) is 6.58 Å². The molecule has 1 aromatic rings. The van der Waals surface area contributed by atoms with E-state index in [-0.39, 0.29) is 17.2 Å². The summed E-state index contributed by atoms with van der Waals surface area (Å²) >= 11 is 0. The number of likely N-dealkylation sites (N-methyl/N-ethyl adjacent to an activating group) is 1. The van der Waals surface area contributed by atoms with Crippen molar-refractivity contribution < 1.29 is 14.6 Å². The molecule has 0 aromatic heterocycles. The first-order chi connectivity index (χ1) is 8.49. The fourth-order valence-electron chi connectivity index (χ4n) is 1.64. The minimum Gasteiger partial charge on any atom is -0.507 e. The molecule has 4 nitrogen and oxygen atoms in total. The molecule has 1 aromatic carbocycles. The van der Waals surface area contributed by atoms with Gasteiger partial charge in [-0.2, -0.15) is 0 Å². The number of amides is 1. The number of nitrogens with zero attached hydrogens (tertiary/aromatic N) is 1. The van der Waals surface area contributed by atoms with Crippen LogP contribution in [0.1, 0.15) is 24.2 Å². The van der Waals surface area contributed by atoms with E-state index >= 15 is 0 Å². The SMILES string of the molecule is C=C(C)CN(CC)C(=O)c1ccc(OC)cc1O. The fourth-order valence-corrected chi connectivity index (χ4v) is 1.64. The number of phenolic OH excluding ortho intramolecular Hbond substituents is 1. The number of aromatic hydroxyl groups is 1. The molecule has 0 radical (unpaired) electrons. The smallest absolute Gasteiger partial charge is 0.257 e. The summed E-state index contributed by atoms with van der Waals surface area (Å²) in [5.41, 5.74) is 1.18. The minimum atomic E-state index is -0.208. The molecule has 0 aliphatic heterocycles. The minimum absolute atomic E-state index is 0.0699. The van der Waals surface area contributed by atoms with Crippen molar-refractivity contribution in [2.75, 3.05) is 20.2 Å². The Morgan fingerprint density at radius 1 is 1.50 bits per heavy atom. The van der Waals surface area contributed by atoms with E-state index in [1.54, 1.807) is 17.0 Å². The number of hydrogen-bond donors (Lipinski definition) is 1. The van der Waals surface area contributed by atoms with Crippen LogP contribution in [-0.2, 0) is 0 Å². The zero-order valence-electron chi connectivity index (χ0n) is 11.1. The number of phenols is 1. The number of benzene rings is 1. The maximum Gasteiger partial charge on any atom is 0.257 e. The lowest BCUT2D eigenvalue weighted by molar-refractivity contribution is 0.0775. The first-order valence-corrected chi connectivity index (χ1v) is 5.80. The van der Waals surface area contributed by atoms with E-state index in [1.807, 2.05) is 13.8 Å². The van der Waals surface area contributed by atoms with Gasteiger partial charge in [-0.1, -0.05) is 12.2 Å². The van der Waals surface area contributed by atoms with Gasteiger partial charge in [0.05, 0.1) is 12.7 Å². The number of hydrogen-bond acceptors (Lipinski definition) is 3. The molecule has 4 heteroatoms. The summed E-state index contributed by atoms with van der Waals surface area (Å²) in [5.74, 6) is 0.243. The Hall–Kier alpha value is -1.97. The molecule has 0 unspecified atom stereocenters. The van der Waals surface area contributed by atoms with Crippen LogP contribution < -0.4 is 4.74 Å². The Labute approximate surface area is 107 Å². The maximum absolute atomic E-state index is 12.2. The zero-order valence-corrected chi connectivity index (χ0v) is 11.1. The summed E-state index contributed by atoms with van der Waals surface area (Å²) < 4.78 is 4.98. The number of methoxy groups -OCH3 is 1. The van der Waals surface area contributed by atoms with Crippen molar-refractivity contribution in [1.29, 1.82) is 0 Å². The van der Waals surface area contributed by atoms with Gasteiger partial charge in [0.25, 0.3) is 5.91 Å². The van der Waals surface area contributed by atoms with E-state index in [9.17, 15) is 9.90 Å². The lowest BCUT2D eigenvalue weighted by Gasteiger charge is -2.21. The van der Waals surface area contributed by atoms with E-state index in [4.69, 9.17) is 4.74 Å². The number of ether oxygens (including phenoxy) is 1. The van der Waals surface area contributed by atoms with Gasteiger partial charge in [-0.05, 0) is 26.0 Å². The van der Waals surface area contributed by atoms with Crippen LogP contribution in [0.5, 0.6) is 11.5 Å². The van der Waals surface area contributed by atoms with Gasteiger partial charge in [0.1, 0.15) is 11.5 Å². The standard InChI is InChI=1S/C14H19NO3/c1-5-15(9-10(2)3)14(17)12-7-6-11(18-4)8-13(12)16/h6-8,16H,2,5,9H2,1,3-4H3. The highest BCUT2D eigenvalue weighted by atomic mass is 16.5. The third kappa shape index (κ3) is 3.26. The van der Waals surface area contributed by atoms with Crippen molar-refractivity contribution in [2.24, 2.45) is 0 Å². The Kier molecular flexibility index (Phi) is 4.77. The molecule has 1 rings (SSSR count). The van der Waals surface area contributed by atoms with Crippen LogP contribution in [-0.4, -0.2) is 36.1 Å². The average Bonchev–Trinajstić information content (AvgIpc) is 2.34. The predicted octanol–water partition coefficient (Wildman–Crippen LogP) is 2.44. The highest BCUT2D eigenvalue weighted by Gasteiger charge is 2.18. The summed E-state index contributed by atoms with van der Waals surface area (Å²) in [6.07, 6.45) is 0. The van der Waals surface area contributed by atoms with Gasteiger partial charge in [0.15, 0.2) is 0 Å². The predicted molar refractivity (Wildman–Crippen MR) is 71.1 cm³/mol. The monoisotopic (exact) mass is 249 g/mol. The number of carbonyl (C=O) groups excluding carboxylic acids is 1. The van der Waals surface area contributed by atoms with Crippen molar-refractivity contribution in [2.45, 2.75) is 13.8 Å². The Balaban J connectivity index is 2.98. The fraction of sp³-hybridized carbons (Fsp3) is 0.357. The summed E-state index contributed by atoms with van der Waals surface area (Å²) in [5, 5.41) is 9.82. The van der Waals surface area contributed by atoms with Crippen LogP contribution in [0.25, 0.3) is 0 Å². The number of carbonyl (C=O) groups is 1. The highest BCUT2D eigenvalue weighted by Crippen LogP contribution is 2.24. The number of rotatable bonds is 5. The summed E-state index contributed by atoms with van der Waals surface area (Å²) in [4.78, 5) is 13.8. The second-order valence-electron chi connectivity index (χ2n) is 4.16. The van der Waals surface area contributed by atoms with Gasteiger partial charge >= 0.3 is 0 Å². The van der Waals surface area contributed by atoms with Crippen molar-refractivity contribution in [3.63, 3.8) is 0 Å². The molecule has 0 saturated heterocycles. The molecule has 18 heavy (non-hydrogen) atoms. The van der Waals surface area contributed by atoms with Crippen LogP contribution in [0.3, 0.4) is 0 Å². The molecule has 0 saturated carbocycles. The molecule has 0 atom stereocenters. The summed E-state index contributed by atoms with van der Waals surface area (Å²) in [7, 11) is 1.51. The normalized spacial score (nSPS) is 9.94. The van der Waals surface area contributed by atoms with E-state index in [0.29, 0.717) is 18.8 Å². The summed E-state index contributed by atoms with van der Waals surface area (Å²) in [6, 6.07) is 4.65. The van der Waals surface area contributed by atoms with Crippen LogP contribution in [0.15, 0.2) is 30.4 Å². The lowest BCUT2D eigenvalue weighted by Crippen LogP contribution is -2.32. The third-order valence-corrected chi connectivity index (χ3v) is 2.57. The molecule has 98 valence electrons. The quantitative estimate of drug-likeness (QED) is 0.815. The van der Waals surface area contributed by atoms with Gasteiger partial charge < -0.3 is 14.7 Å². The molecular formula is C14H19NO3. The first-order valence-electron chi connectivity index (χ1n) is 5.80. The van der Waals surface area contributed by atoms with Crippen molar-refractivity contribution in [1.82, 2.24) is 4.90 Å². The Morgan fingerprint density at radius 3 is 2.61 bits per heavy atom. The third-order valence-electron chi connectivity index (χ3n) is 2.57. The van der Waals surface area contributed by atoms with Crippen LogP contribution in [0.4, 0.5) is 0 Å². The van der Waals surface area contributed by atoms with Crippen molar-refractivity contribution >= 4 is 5.91 Å². The lowest BCUT2D eigenvalue weighted by atomic mass is 10.1. The molecule has 0 bridgehead atoms. The van der Waals surface area contributed by atoms with Gasteiger partial charge in [-0.25, -0.2) is 0 Å². The largest absolute Gasteiger partial charge is 0.507 e. The van der Waals surface area contributed by atoms with Crippen LogP contribution in [0.2, 0.25) is 0 Å². The summed E-state index contributed by atoms with van der Waals surface area (Å²) in [6.45, 7) is 8.60. The van der Waals surface area contributed by atoms with E-state index in [0.717, 1.165) is 5.57 Å². The van der Waals surface area contributed by atoms with Crippen LogP contribution >= 0.6 is 0 Å². The zero-order chi connectivity index (χ0) is 13.7.